The molecule has 0 spiro atoms. The van der Waals surface area contributed by atoms with Crippen LogP contribution >= 0.6 is 24.0 Å². The van der Waals surface area contributed by atoms with Crippen LogP contribution in [0.3, 0.4) is 0 Å². The van der Waals surface area contributed by atoms with Crippen LogP contribution in [-0.4, -0.2) is 50.8 Å². The van der Waals surface area contributed by atoms with Crippen LogP contribution in [0.15, 0.2) is 47.5 Å². The van der Waals surface area contributed by atoms with Gasteiger partial charge in [-0.2, -0.15) is 5.26 Å². The van der Waals surface area contributed by atoms with Gasteiger partial charge < -0.3 is 15.4 Å². The van der Waals surface area contributed by atoms with Crippen molar-refractivity contribution in [1.29, 1.82) is 5.26 Å². The van der Waals surface area contributed by atoms with Crippen molar-refractivity contribution < 1.29 is 13.5 Å². The van der Waals surface area contributed by atoms with Crippen molar-refractivity contribution in [2.45, 2.75) is 12.6 Å². The van der Waals surface area contributed by atoms with E-state index in [1.165, 1.54) is 30.3 Å². The summed E-state index contributed by atoms with van der Waals surface area (Å²) in [5, 5.41) is 15.4. The summed E-state index contributed by atoms with van der Waals surface area (Å²) in [6.45, 7) is 3.59. The van der Waals surface area contributed by atoms with Crippen molar-refractivity contribution in [2.24, 2.45) is 4.99 Å². The molecule has 0 saturated carbocycles. The van der Waals surface area contributed by atoms with E-state index in [4.69, 9.17) is 10.00 Å². The predicted octanol–water partition coefficient (Wildman–Crippen LogP) is 3.19. The number of guanidine groups is 1. The number of rotatable bonds is 6. The highest BCUT2D eigenvalue weighted by Gasteiger charge is 2.23. The molecule has 2 N–H and O–H groups in total. The second kappa shape index (κ2) is 12.5. The Morgan fingerprint density at radius 2 is 1.87 bits per heavy atom. The third kappa shape index (κ3) is 7.12. The number of halogens is 3. The van der Waals surface area contributed by atoms with Gasteiger partial charge in [0, 0.05) is 38.8 Å². The predicted molar refractivity (Wildman–Crippen MR) is 126 cm³/mol. The van der Waals surface area contributed by atoms with Gasteiger partial charge in [-0.1, -0.05) is 12.1 Å². The molecule has 0 amide bonds. The molecule has 1 heterocycles. The highest BCUT2D eigenvalue weighted by Crippen LogP contribution is 2.21. The largest absolute Gasteiger partial charge is 0.379 e. The van der Waals surface area contributed by atoms with Gasteiger partial charge in [0.1, 0.15) is 11.6 Å². The molecule has 1 aliphatic rings. The highest BCUT2D eigenvalue weighted by atomic mass is 127. The van der Waals surface area contributed by atoms with Crippen LogP contribution in [0.25, 0.3) is 0 Å². The smallest absolute Gasteiger partial charge is 0.191 e. The lowest BCUT2D eigenvalue weighted by Gasteiger charge is -2.35. The van der Waals surface area contributed by atoms with Gasteiger partial charge in [0.05, 0.1) is 30.9 Å². The number of nitriles is 1. The molecule has 0 radical (unpaired) electrons. The minimum atomic E-state index is -0.380. The van der Waals surface area contributed by atoms with Crippen LogP contribution in [0.4, 0.5) is 8.78 Å². The van der Waals surface area contributed by atoms with Crippen molar-refractivity contribution in [3.05, 3.63) is 70.8 Å². The number of benzene rings is 2. The molecule has 2 aromatic carbocycles. The third-order valence-corrected chi connectivity index (χ3v) is 5.05. The minimum Gasteiger partial charge on any atom is -0.379 e. The number of hydrogen-bond acceptors (Lipinski definition) is 4. The molecule has 6 nitrogen and oxygen atoms in total. The van der Waals surface area contributed by atoms with E-state index in [9.17, 15) is 8.78 Å². The summed E-state index contributed by atoms with van der Waals surface area (Å²) in [4.78, 5) is 6.49. The Morgan fingerprint density at radius 1 is 1.16 bits per heavy atom. The maximum atomic E-state index is 14.0. The van der Waals surface area contributed by atoms with E-state index in [1.54, 1.807) is 19.2 Å². The van der Waals surface area contributed by atoms with E-state index in [0.717, 1.165) is 18.7 Å². The first-order valence-electron chi connectivity index (χ1n) is 9.81. The van der Waals surface area contributed by atoms with Crippen LogP contribution in [0.2, 0.25) is 0 Å². The molecule has 0 aliphatic carbocycles. The zero-order chi connectivity index (χ0) is 21.3. The third-order valence-electron chi connectivity index (χ3n) is 5.05. The highest BCUT2D eigenvalue weighted by molar-refractivity contribution is 14.0. The number of aliphatic imine (C=N–C) groups is 1. The zero-order valence-corrected chi connectivity index (χ0v) is 19.6. The Kier molecular flexibility index (Phi) is 10.1. The van der Waals surface area contributed by atoms with Crippen LogP contribution in [0, 0.1) is 23.0 Å². The fourth-order valence-corrected chi connectivity index (χ4v) is 3.40. The van der Waals surface area contributed by atoms with Crippen LogP contribution < -0.4 is 10.6 Å². The second-order valence-corrected chi connectivity index (χ2v) is 6.94. The summed E-state index contributed by atoms with van der Waals surface area (Å²) in [5.74, 6) is -0.141. The first-order chi connectivity index (χ1) is 14.6. The maximum absolute atomic E-state index is 14.0. The van der Waals surface area contributed by atoms with Crippen LogP contribution in [-0.2, 0) is 11.3 Å². The summed E-state index contributed by atoms with van der Waals surface area (Å²) in [6.07, 6.45) is 0. The summed E-state index contributed by atoms with van der Waals surface area (Å²) in [6, 6.07) is 12.8. The normalized spacial score (nSPS) is 15.5. The number of nitrogens with one attached hydrogen (secondary N) is 2. The number of nitrogens with zero attached hydrogens (tertiary/aromatic N) is 3. The SMILES string of the molecule is CN=C(NCc1cc(C#N)ccc1F)NCC(c1ccc(F)cc1)N1CCOCC1.I. The molecule has 9 heteroatoms. The van der Waals surface area contributed by atoms with Gasteiger partial charge >= 0.3 is 0 Å². The van der Waals surface area contributed by atoms with Gasteiger partial charge in [-0.25, -0.2) is 8.78 Å². The molecule has 166 valence electrons. The molecule has 3 rings (SSSR count). The quantitative estimate of drug-likeness (QED) is 0.334. The molecule has 1 unspecified atom stereocenters. The topological polar surface area (TPSA) is 72.7 Å². The fraction of sp³-hybridized carbons (Fsp3) is 0.364. The van der Waals surface area contributed by atoms with Crippen LogP contribution in [0.1, 0.15) is 22.7 Å². The van der Waals surface area contributed by atoms with Gasteiger partial charge in [-0.3, -0.25) is 9.89 Å². The van der Waals surface area contributed by atoms with E-state index in [0.29, 0.717) is 36.8 Å². The van der Waals surface area contributed by atoms with Crippen molar-refractivity contribution >= 4 is 29.9 Å². The maximum Gasteiger partial charge on any atom is 0.191 e. The van der Waals surface area contributed by atoms with E-state index >= 15 is 0 Å². The number of ether oxygens (including phenoxy) is 1. The zero-order valence-electron chi connectivity index (χ0n) is 17.3. The Morgan fingerprint density at radius 3 is 2.52 bits per heavy atom. The van der Waals surface area contributed by atoms with E-state index in [-0.39, 0.29) is 48.2 Å². The molecule has 1 aliphatic heterocycles. The summed E-state index contributed by atoms with van der Waals surface area (Å²) in [7, 11) is 1.64. The molecule has 2 aromatic rings. The van der Waals surface area contributed by atoms with E-state index in [1.807, 2.05) is 6.07 Å². The van der Waals surface area contributed by atoms with Crippen molar-refractivity contribution in [3.63, 3.8) is 0 Å². The number of morpholine rings is 1. The molecular weight excluding hydrogens is 515 g/mol. The molecule has 31 heavy (non-hydrogen) atoms. The van der Waals surface area contributed by atoms with E-state index < -0.39 is 0 Å². The van der Waals surface area contributed by atoms with Gasteiger partial charge in [0.15, 0.2) is 5.96 Å². The average Bonchev–Trinajstić information content (AvgIpc) is 2.78. The average molecular weight is 541 g/mol. The summed E-state index contributed by atoms with van der Waals surface area (Å²) >= 11 is 0. The van der Waals surface area contributed by atoms with Crippen molar-refractivity contribution in [1.82, 2.24) is 15.5 Å². The Balaban J connectivity index is 0.00000341. The monoisotopic (exact) mass is 541 g/mol. The molecule has 1 atom stereocenters. The number of hydrogen-bond donors (Lipinski definition) is 2. The van der Waals surface area contributed by atoms with Crippen molar-refractivity contribution in [2.75, 3.05) is 39.9 Å². The minimum absolute atomic E-state index is 0. The first kappa shape index (κ1) is 25.0. The van der Waals surface area contributed by atoms with Gasteiger partial charge in [-0.15, -0.1) is 24.0 Å². The van der Waals surface area contributed by atoms with Gasteiger partial charge in [-0.05, 0) is 35.9 Å². The lowest BCUT2D eigenvalue weighted by Crippen LogP contribution is -2.46. The summed E-state index contributed by atoms with van der Waals surface area (Å²) in [5.41, 5.74) is 1.79. The second-order valence-electron chi connectivity index (χ2n) is 6.94. The summed E-state index contributed by atoms with van der Waals surface area (Å²) < 4.78 is 32.8. The van der Waals surface area contributed by atoms with Gasteiger partial charge in [0.25, 0.3) is 0 Å². The Labute approximate surface area is 198 Å². The van der Waals surface area contributed by atoms with Crippen molar-refractivity contribution in [3.8, 4) is 6.07 Å². The Bertz CT molecular complexity index is 911. The molecule has 0 aromatic heterocycles. The van der Waals surface area contributed by atoms with Crippen LogP contribution in [0.5, 0.6) is 0 Å². The standard InChI is InChI=1S/C22H25F2N5O.HI/c1-26-22(27-14-18-12-16(13-25)2-7-20(18)24)28-15-21(29-8-10-30-11-9-29)17-3-5-19(23)6-4-17;/h2-7,12,21H,8-11,14-15H2,1H3,(H2,26,27,28);1H. The molecule has 0 bridgehead atoms. The van der Waals surface area contributed by atoms with E-state index in [2.05, 4.69) is 20.5 Å². The molecule has 1 fully saturated rings. The molecular formula is C22H26F2IN5O. The van der Waals surface area contributed by atoms with Gasteiger partial charge in [0.2, 0.25) is 0 Å². The lowest BCUT2D eigenvalue weighted by atomic mass is 10.0. The first-order valence-corrected chi connectivity index (χ1v) is 9.81. The lowest BCUT2D eigenvalue weighted by molar-refractivity contribution is 0.0170. The Hall–Kier alpha value is -2.29. The fourth-order valence-electron chi connectivity index (χ4n) is 3.40. The molecule has 1 saturated heterocycles.